The summed E-state index contributed by atoms with van der Waals surface area (Å²) in [6.45, 7) is 6.91. The summed E-state index contributed by atoms with van der Waals surface area (Å²) in [5.74, 6) is 1.18. The van der Waals surface area contributed by atoms with Gasteiger partial charge in [-0.2, -0.15) is 5.10 Å². The molecule has 1 N–H and O–H groups in total. The molecule has 184 valence electrons. The number of aromatic nitrogens is 6. The molecule has 0 fully saturated rings. The van der Waals surface area contributed by atoms with Gasteiger partial charge in [0.1, 0.15) is 22.3 Å². The molecule has 0 radical (unpaired) electrons. The zero-order valence-electron chi connectivity index (χ0n) is 20.3. The number of nitrogens with zero attached hydrogens (tertiary/aromatic N) is 7. The predicted octanol–water partition coefficient (Wildman–Crippen LogP) is 5.64. The first-order chi connectivity index (χ1) is 18.0. The SMILES string of the molecule is C=C(Nc1cn2nc(-c3c(-c4ccc(F)cc4)nc(C)n3C)ccc2n1)c1cnc(C2=CC=NCC2)s1. The van der Waals surface area contributed by atoms with Crippen molar-refractivity contribution in [1.82, 2.24) is 29.1 Å². The van der Waals surface area contributed by atoms with E-state index in [9.17, 15) is 4.39 Å². The molecule has 0 bridgehead atoms. The average molecular weight is 511 g/mol. The molecule has 0 saturated heterocycles. The quantitative estimate of drug-likeness (QED) is 0.319. The van der Waals surface area contributed by atoms with Gasteiger partial charge in [0, 0.05) is 31.6 Å². The summed E-state index contributed by atoms with van der Waals surface area (Å²) in [5, 5.41) is 9.08. The highest BCUT2D eigenvalue weighted by atomic mass is 32.1. The molecule has 10 heteroatoms. The first kappa shape index (κ1) is 23.0. The molecule has 4 aromatic heterocycles. The van der Waals surface area contributed by atoms with Gasteiger partial charge in [-0.15, -0.1) is 11.3 Å². The van der Waals surface area contributed by atoms with E-state index in [1.54, 1.807) is 28.0 Å². The fourth-order valence-corrected chi connectivity index (χ4v) is 5.12. The monoisotopic (exact) mass is 510 g/mol. The standard InChI is InChI=1S/C27H23FN8S/c1-16(22-14-30-27(37-22)19-10-12-29-13-11-19)31-23-15-36-24(33-23)9-8-21(34-36)26-25(32-17(2)35(26)3)18-4-6-20(28)7-5-18/h4-10,12,14-15,31H,1,11,13H2,2-3H3. The van der Waals surface area contributed by atoms with Crippen LogP contribution in [-0.4, -0.2) is 41.9 Å². The maximum Gasteiger partial charge on any atom is 0.156 e. The van der Waals surface area contributed by atoms with Gasteiger partial charge in [0.25, 0.3) is 0 Å². The predicted molar refractivity (Wildman–Crippen MR) is 146 cm³/mol. The second-order valence-corrected chi connectivity index (χ2v) is 9.73. The first-order valence-corrected chi connectivity index (χ1v) is 12.6. The largest absolute Gasteiger partial charge is 0.338 e. The van der Waals surface area contributed by atoms with E-state index in [4.69, 9.17) is 10.1 Å². The second kappa shape index (κ2) is 9.21. The Morgan fingerprint density at radius 2 is 1.97 bits per heavy atom. The Kier molecular flexibility index (Phi) is 5.72. The molecule has 37 heavy (non-hydrogen) atoms. The van der Waals surface area contributed by atoms with Crippen LogP contribution in [0.25, 0.3) is 39.6 Å². The third-order valence-electron chi connectivity index (χ3n) is 6.25. The summed E-state index contributed by atoms with van der Waals surface area (Å²) in [7, 11) is 1.95. The zero-order chi connectivity index (χ0) is 25.5. The van der Waals surface area contributed by atoms with E-state index in [1.807, 2.05) is 55.4 Å². The van der Waals surface area contributed by atoms with Crippen molar-refractivity contribution in [1.29, 1.82) is 0 Å². The Labute approximate surface area is 216 Å². The van der Waals surface area contributed by atoms with Gasteiger partial charge in [-0.05, 0) is 61.4 Å². The number of nitrogens with one attached hydrogen (secondary N) is 1. The molecular weight excluding hydrogens is 487 g/mol. The molecule has 0 spiro atoms. The lowest BCUT2D eigenvalue weighted by molar-refractivity contribution is 0.628. The average Bonchev–Trinajstić information content (AvgIpc) is 3.62. The number of aryl methyl sites for hydroxylation is 1. The number of allylic oxidation sites excluding steroid dienone is 1. The van der Waals surface area contributed by atoms with Crippen molar-refractivity contribution in [3.05, 3.63) is 83.0 Å². The fraction of sp³-hybridized carbons (Fsp3) is 0.148. The van der Waals surface area contributed by atoms with Crippen molar-refractivity contribution in [3.8, 4) is 22.6 Å². The summed E-state index contributed by atoms with van der Waals surface area (Å²) in [5.41, 5.74) is 5.75. The van der Waals surface area contributed by atoms with Gasteiger partial charge in [0.2, 0.25) is 0 Å². The van der Waals surface area contributed by atoms with E-state index in [-0.39, 0.29) is 5.82 Å². The van der Waals surface area contributed by atoms with Crippen LogP contribution >= 0.6 is 11.3 Å². The zero-order valence-corrected chi connectivity index (χ0v) is 21.1. The van der Waals surface area contributed by atoms with E-state index in [0.717, 1.165) is 57.0 Å². The van der Waals surface area contributed by atoms with Crippen molar-refractivity contribution in [2.24, 2.45) is 12.0 Å². The van der Waals surface area contributed by atoms with E-state index in [1.165, 1.54) is 17.7 Å². The van der Waals surface area contributed by atoms with Crippen molar-refractivity contribution in [2.45, 2.75) is 13.3 Å². The third-order valence-corrected chi connectivity index (χ3v) is 7.38. The molecule has 1 aliphatic heterocycles. The minimum Gasteiger partial charge on any atom is -0.338 e. The van der Waals surface area contributed by atoms with Crippen LogP contribution in [-0.2, 0) is 7.05 Å². The van der Waals surface area contributed by atoms with Crippen LogP contribution in [0.2, 0.25) is 0 Å². The highest BCUT2D eigenvalue weighted by Gasteiger charge is 2.19. The van der Waals surface area contributed by atoms with Gasteiger partial charge in [0.15, 0.2) is 11.5 Å². The molecule has 5 aromatic rings. The Morgan fingerprint density at radius 1 is 1.14 bits per heavy atom. The minimum atomic E-state index is -0.285. The van der Waals surface area contributed by atoms with Crippen molar-refractivity contribution < 1.29 is 4.39 Å². The number of rotatable bonds is 6. The number of aliphatic imine (C=N–C) groups is 1. The van der Waals surface area contributed by atoms with Crippen LogP contribution in [0.5, 0.6) is 0 Å². The summed E-state index contributed by atoms with van der Waals surface area (Å²) < 4.78 is 17.2. The van der Waals surface area contributed by atoms with Crippen LogP contribution in [0.4, 0.5) is 10.2 Å². The first-order valence-electron chi connectivity index (χ1n) is 11.7. The molecule has 0 aliphatic carbocycles. The number of imidazole rings is 2. The lowest BCUT2D eigenvalue weighted by Crippen LogP contribution is -2.00. The third kappa shape index (κ3) is 4.36. The molecule has 1 aliphatic rings. The Bertz CT molecular complexity index is 1700. The van der Waals surface area contributed by atoms with Crippen LogP contribution in [0, 0.1) is 12.7 Å². The number of anilines is 1. The molecule has 5 heterocycles. The molecule has 0 atom stereocenters. The highest BCUT2D eigenvalue weighted by Crippen LogP contribution is 2.32. The highest BCUT2D eigenvalue weighted by molar-refractivity contribution is 7.13. The van der Waals surface area contributed by atoms with Crippen molar-refractivity contribution >= 4 is 40.3 Å². The molecule has 0 saturated carbocycles. The number of halogens is 1. The van der Waals surface area contributed by atoms with E-state index < -0.39 is 0 Å². The van der Waals surface area contributed by atoms with E-state index >= 15 is 0 Å². The van der Waals surface area contributed by atoms with Gasteiger partial charge in [-0.3, -0.25) is 4.99 Å². The Morgan fingerprint density at radius 3 is 2.76 bits per heavy atom. The summed E-state index contributed by atoms with van der Waals surface area (Å²) in [4.78, 5) is 19.1. The van der Waals surface area contributed by atoms with Crippen LogP contribution < -0.4 is 5.32 Å². The normalized spacial score (nSPS) is 13.2. The van der Waals surface area contributed by atoms with Gasteiger partial charge in [-0.25, -0.2) is 23.9 Å². The Hall–Kier alpha value is -4.44. The second-order valence-electron chi connectivity index (χ2n) is 8.70. The fourth-order valence-electron chi connectivity index (χ4n) is 4.22. The maximum atomic E-state index is 13.5. The lowest BCUT2D eigenvalue weighted by Gasteiger charge is -2.07. The summed E-state index contributed by atoms with van der Waals surface area (Å²) in [6.07, 6.45) is 8.39. The van der Waals surface area contributed by atoms with Crippen LogP contribution in [0.1, 0.15) is 22.1 Å². The van der Waals surface area contributed by atoms with Gasteiger partial charge in [-0.1, -0.05) is 6.58 Å². The van der Waals surface area contributed by atoms with Crippen LogP contribution in [0.15, 0.2) is 66.4 Å². The smallest absolute Gasteiger partial charge is 0.156 e. The van der Waals surface area contributed by atoms with E-state index in [2.05, 4.69) is 26.9 Å². The minimum absolute atomic E-state index is 0.285. The van der Waals surface area contributed by atoms with Gasteiger partial charge < -0.3 is 9.88 Å². The maximum absolute atomic E-state index is 13.5. The lowest BCUT2D eigenvalue weighted by atomic mass is 10.1. The number of thiazole rings is 1. The topological polar surface area (TPSA) is 85.3 Å². The number of dihydropyridines is 1. The molecule has 8 nitrogen and oxygen atoms in total. The number of hydrogen-bond acceptors (Lipinski definition) is 7. The number of fused-ring (bicyclic) bond motifs is 1. The van der Waals surface area contributed by atoms with Crippen molar-refractivity contribution in [3.63, 3.8) is 0 Å². The van der Waals surface area contributed by atoms with Crippen LogP contribution in [0.3, 0.4) is 0 Å². The van der Waals surface area contributed by atoms with Gasteiger partial charge >= 0.3 is 0 Å². The summed E-state index contributed by atoms with van der Waals surface area (Å²) in [6, 6.07) is 10.2. The Balaban J connectivity index is 1.28. The van der Waals surface area contributed by atoms with Crippen molar-refractivity contribution in [2.75, 3.05) is 11.9 Å². The molecule has 1 aromatic carbocycles. The summed E-state index contributed by atoms with van der Waals surface area (Å²) >= 11 is 1.59. The molecule has 6 rings (SSSR count). The number of benzene rings is 1. The molecule has 0 unspecified atom stereocenters. The molecule has 0 amide bonds. The van der Waals surface area contributed by atoms with Gasteiger partial charge in [0.05, 0.1) is 28.2 Å². The molecular formula is C27H23FN8S. The van der Waals surface area contributed by atoms with E-state index in [0.29, 0.717) is 11.5 Å². The number of hydrogen-bond donors (Lipinski definition) is 1.